The third-order valence-corrected chi connectivity index (χ3v) is 7.31. The Hall–Kier alpha value is -1.59. The Morgan fingerprint density at radius 3 is 2.30 bits per heavy atom. The lowest BCUT2D eigenvalue weighted by atomic mass is 9.73. The second kappa shape index (κ2) is 5.71. The third kappa shape index (κ3) is 2.55. The third-order valence-electron chi connectivity index (χ3n) is 5.98. The van der Waals surface area contributed by atoms with Gasteiger partial charge >= 0.3 is 7.12 Å². The number of benzene rings is 3. The van der Waals surface area contributed by atoms with Crippen molar-refractivity contribution in [3.05, 3.63) is 53.6 Å². The fraction of sp³-hybridized carbons (Fsp3) is 0.273. The van der Waals surface area contributed by atoms with Crippen LogP contribution in [-0.2, 0) is 9.31 Å². The molecule has 2 heterocycles. The van der Waals surface area contributed by atoms with Crippen LogP contribution in [-0.4, -0.2) is 18.3 Å². The van der Waals surface area contributed by atoms with Gasteiger partial charge in [-0.25, -0.2) is 0 Å². The predicted molar refractivity (Wildman–Crippen MR) is 118 cm³/mol. The Balaban J connectivity index is 1.89. The van der Waals surface area contributed by atoms with E-state index in [9.17, 15) is 0 Å². The van der Waals surface area contributed by atoms with Crippen LogP contribution in [0.25, 0.3) is 30.9 Å². The Kier molecular flexibility index (Phi) is 3.70. The topological polar surface area (TPSA) is 18.5 Å². The van der Waals surface area contributed by atoms with Crippen molar-refractivity contribution in [3.63, 3.8) is 0 Å². The van der Waals surface area contributed by atoms with E-state index in [0.29, 0.717) is 0 Å². The first-order valence-corrected chi connectivity index (χ1v) is 10.4. The van der Waals surface area contributed by atoms with Gasteiger partial charge in [-0.3, -0.25) is 0 Å². The van der Waals surface area contributed by atoms with Crippen LogP contribution < -0.4 is 5.46 Å². The van der Waals surface area contributed by atoms with E-state index in [1.807, 2.05) is 12.1 Å². The highest BCUT2D eigenvalue weighted by atomic mass is 35.5. The van der Waals surface area contributed by atoms with Crippen LogP contribution in [0, 0.1) is 0 Å². The molecule has 136 valence electrons. The molecule has 0 bridgehead atoms. The molecule has 0 atom stereocenters. The average Bonchev–Trinajstić information content (AvgIpc) is 3.05. The summed E-state index contributed by atoms with van der Waals surface area (Å²) >= 11 is 8.02. The molecule has 5 heteroatoms. The summed E-state index contributed by atoms with van der Waals surface area (Å²) in [5, 5.41) is 5.56. The highest BCUT2D eigenvalue weighted by Gasteiger charge is 2.52. The molecular formula is C22H20BClO2S. The minimum atomic E-state index is -0.405. The summed E-state index contributed by atoms with van der Waals surface area (Å²) in [6, 6.07) is 16.8. The molecule has 4 aromatic rings. The second-order valence-corrected chi connectivity index (χ2v) is 9.74. The Morgan fingerprint density at radius 1 is 0.852 bits per heavy atom. The van der Waals surface area contributed by atoms with E-state index >= 15 is 0 Å². The second-order valence-electron chi connectivity index (χ2n) is 8.22. The molecule has 1 aliphatic heterocycles. The van der Waals surface area contributed by atoms with Gasteiger partial charge in [0.2, 0.25) is 0 Å². The van der Waals surface area contributed by atoms with Gasteiger partial charge in [0.15, 0.2) is 0 Å². The van der Waals surface area contributed by atoms with Gasteiger partial charge in [-0.1, -0.05) is 41.9 Å². The van der Waals surface area contributed by atoms with E-state index < -0.39 is 7.12 Å². The van der Waals surface area contributed by atoms with Crippen molar-refractivity contribution < 1.29 is 9.31 Å². The molecule has 0 unspecified atom stereocenters. The number of hydrogen-bond acceptors (Lipinski definition) is 3. The number of rotatable bonds is 1. The van der Waals surface area contributed by atoms with Crippen LogP contribution in [0.3, 0.4) is 0 Å². The SMILES string of the molecule is CC1(C)OB(c2c3ccccc3cc3sc4cc(Cl)ccc4c23)OC1(C)C. The number of halogens is 1. The maximum Gasteiger partial charge on any atom is 0.496 e. The molecule has 5 rings (SSSR count). The molecular weight excluding hydrogens is 375 g/mol. The zero-order chi connectivity index (χ0) is 19.0. The highest BCUT2D eigenvalue weighted by molar-refractivity contribution is 7.26. The molecule has 0 amide bonds. The van der Waals surface area contributed by atoms with E-state index in [1.165, 1.54) is 30.9 Å². The maximum absolute atomic E-state index is 6.46. The number of hydrogen-bond donors (Lipinski definition) is 0. The number of thiophene rings is 1. The Morgan fingerprint density at radius 2 is 1.56 bits per heavy atom. The standard InChI is InChI=1S/C22H20BClO2S/c1-21(2)22(3,4)26-23(25-21)20-15-8-6-5-7-13(15)11-18-19(20)16-10-9-14(24)12-17(16)27-18/h5-12H,1-4H3. The van der Waals surface area contributed by atoms with Crippen molar-refractivity contribution in [2.24, 2.45) is 0 Å². The molecule has 0 aliphatic carbocycles. The van der Waals surface area contributed by atoms with E-state index in [1.54, 1.807) is 11.3 Å². The van der Waals surface area contributed by atoms with Gasteiger partial charge in [-0.2, -0.15) is 0 Å². The molecule has 27 heavy (non-hydrogen) atoms. The van der Waals surface area contributed by atoms with Gasteiger partial charge in [0.05, 0.1) is 11.2 Å². The molecule has 0 spiro atoms. The summed E-state index contributed by atoms with van der Waals surface area (Å²) in [4.78, 5) is 0. The quantitative estimate of drug-likeness (QED) is 0.360. The molecule has 1 aromatic heterocycles. The lowest BCUT2D eigenvalue weighted by Crippen LogP contribution is -2.41. The number of fused-ring (bicyclic) bond motifs is 4. The van der Waals surface area contributed by atoms with Crippen molar-refractivity contribution in [3.8, 4) is 0 Å². The van der Waals surface area contributed by atoms with Crippen molar-refractivity contribution >= 4 is 66.5 Å². The smallest absolute Gasteiger partial charge is 0.399 e. The molecule has 1 aliphatic rings. The largest absolute Gasteiger partial charge is 0.496 e. The molecule has 1 saturated heterocycles. The summed E-state index contributed by atoms with van der Waals surface area (Å²) in [5.74, 6) is 0. The minimum Gasteiger partial charge on any atom is -0.399 e. The minimum absolute atomic E-state index is 0.379. The summed E-state index contributed by atoms with van der Waals surface area (Å²) in [6.45, 7) is 8.39. The summed E-state index contributed by atoms with van der Waals surface area (Å²) in [7, 11) is -0.405. The fourth-order valence-corrected chi connectivity index (χ4v) is 5.27. The summed E-state index contributed by atoms with van der Waals surface area (Å²) in [5.41, 5.74) is 0.363. The first-order valence-electron chi connectivity index (χ1n) is 9.16. The van der Waals surface area contributed by atoms with E-state index in [0.717, 1.165) is 10.5 Å². The highest BCUT2D eigenvalue weighted by Crippen LogP contribution is 2.41. The van der Waals surface area contributed by atoms with Gasteiger partial charge < -0.3 is 9.31 Å². The van der Waals surface area contributed by atoms with Gasteiger partial charge in [0.25, 0.3) is 0 Å². The van der Waals surface area contributed by atoms with Crippen molar-refractivity contribution in [1.29, 1.82) is 0 Å². The van der Waals surface area contributed by atoms with Gasteiger partial charge in [0, 0.05) is 25.2 Å². The zero-order valence-corrected chi connectivity index (χ0v) is 17.4. The first-order chi connectivity index (χ1) is 12.8. The van der Waals surface area contributed by atoms with Gasteiger partial charge in [-0.05, 0) is 62.1 Å². The molecule has 0 N–H and O–H groups in total. The fourth-order valence-electron chi connectivity index (χ4n) is 3.82. The van der Waals surface area contributed by atoms with Crippen molar-refractivity contribution in [2.75, 3.05) is 0 Å². The predicted octanol–water partition coefficient (Wildman–Crippen LogP) is 6.16. The van der Waals surface area contributed by atoms with Crippen LogP contribution in [0.2, 0.25) is 5.02 Å². The van der Waals surface area contributed by atoms with Gasteiger partial charge in [-0.15, -0.1) is 11.3 Å². The normalized spacial score (nSPS) is 18.8. The molecule has 2 nitrogen and oxygen atoms in total. The Labute approximate surface area is 168 Å². The van der Waals surface area contributed by atoms with Crippen LogP contribution in [0.4, 0.5) is 0 Å². The van der Waals surface area contributed by atoms with Crippen LogP contribution in [0.1, 0.15) is 27.7 Å². The van der Waals surface area contributed by atoms with Crippen LogP contribution >= 0.6 is 22.9 Å². The maximum atomic E-state index is 6.46. The molecule has 1 fully saturated rings. The zero-order valence-electron chi connectivity index (χ0n) is 15.8. The van der Waals surface area contributed by atoms with Crippen molar-refractivity contribution in [2.45, 2.75) is 38.9 Å². The average molecular weight is 395 g/mol. The summed E-state index contributed by atoms with van der Waals surface area (Å²) < 4.78 is 15.3. The molecule has 0 radical (unpaired) electrons. The van der Waals surface area contributed by atoms with E-state index in [2.05, 4.69) is 64.1 Å². The summed E-state index contributed by atoms with van der Waals surface area (Å²) in [6.07, 6.45) is 0. The lowest BCUT2D eigenvalue weighted by Gasteiger charge is -2.32. The first kappa shape index (κ1) is 17.5. The Bertz CT molecular complexity index is 1200. The lowest BCUT2D eigenvalue weighted by molar-refractivity contribution is 0.00578. The van der Waals surface area contributed by atoms with Crippen molar-refractivity contribution in [1.82, 2.24) is 0 Å². The van der Waals surface area contributed by atoms with E-state index in [-0.39, 0.29) is 11.2 Å². The van der Waals surface area contributed by atoms with Crippen LogP contribution in [0.15, 0.2) is 48.5 Å². The molecule has 0 saturated carbocycles. The van der Waals surface area contributed by atoms with E-state index in [4.69, 9.17) is 20.9 Å². The van der Waals surface area contributed by atoms with Gasteiger partial charge in [0.1, 0.15) is 0 Å². The molecule has 3 aromatic carbocycles. The monoisotopic (exact) mass is 394 g/mol. The van der Waals surface area contributed by atoms with Crippen LogP contribution in [0.5, 0.6) is 0 Å².